The molecule has 0 fully saturated rings. The number of aromatic nitrogens is 2. The van der Waals surface area contributed by atoms with Crippen LogP contribution >= 0.6 is 11.6 Å². The van der Waals surface area contributed by atoms with Crippen molar-refractivity contribution >= 4 is 11.6 Å². The Morgan fingerprint density at radius 1 is 1.29 bits per heavy atom. The van der Waals surface area contributed by atoms with Gasteiger partial charge in [0.2, 0.25) is 0 Å². The molecule has 0 bridgehead atoms. The number of benzene rings is 1. The summed E-state index contributed by atoms with van der Waals surface area (Å²) < 4.78 is 1.99. The minimum absolute atomic E-state index is 0.0442. The average Bonchev–Trinajstić information content (AvgIpc) is 2.81. The fraction of sp³-hybridized carbons (Fsp3) is 0.438. The minimum Gasteiger partial charge on any atom is -0.308 e. The Morgan fingerprint density at radius 3 is 2.52 bits per heavy atom. The lowest BCUT2D eigenvalue weighted by Crippen LogP contribution is -2.25. The molecule has 2 rings (SSSR count). The molecule has 0 aliphatic heterocycles. The summed E-state index contributed by atoms with van der Waals surface area (Å²) in [6.45, 7) is 3.83. The summed E-state index contributed by atoms with van der Waals surface area (Å²) >= 11 is 6.38. The number of nitrogens with one attached hydrogen (secondary N) is 1. The molecule has 0 radical (unpaired) electrons. The van der Waals surface area contributed by atoms with Gasteiger partial charge in [-0.25, -0.2) is 0 Å². The second kappa shape index (κ2) is 7.07. The Morgan fingerprint density at radius 2 is 1.95 bits per heavy atom. The fourth-order valence-corrected chi connectivity index (χ4v) is 2.60. The molecule has 0 aliphatic carbocycles. The first kappa shape index (κ1) is 16.0. The highest BCUT2D eigenvalue weighted by molar-refractivity contribution is 6.31. The SMILES string of the molecule is CNC(c1ccc(C)cc1)c1c(Cl)cnn1CCN(C)C. The van der Waals surface area contributed by atoms with Crippen LogP contribution in [-0.4, -0.2) is 42.4 Å². The van der Waals surface area contributed by atoms with Crippen molar-refractivity contribution in [2.45, 2.75) is 19.5 Å². The van der Waals surface area contributed by atoms with E-state index < -0.39 is 0 Å². The molecule has 0 amide bonds. The molecule has 1 atom stereocenters. The Bertz CT molecular complexity index is 574. The first-order chi connectivity index (χ1) is 10.0. The molecule has 2 aromatic rings. The van der Waals surface area contributed by atoms with E-state index in [1.807, 2.05) is 11.7 Å². The summed E-state index contributed by atoms with van der Waals surface area (Å²) in [6, 6.07) is 8.55. The van der Waals surface area contributed by atoms with E-state index in [4.69, 9.17) is 11.6 Å². The molecule has 0 saturated carbocycles. The summed E-state index contributed by atoms with van der Waals surface area (Å²) in [5.41, 5.74) is 3.46. The van der Waals surface area contributed by atoms with Crippen LogP contribution in [0.2, 0.25) is 5.02 Å². The van der Waals surface area contributed by atoms with Crippen LogP contribution in [0.5, 0.6) is 0 Å². The van der Waals surface area contributed by atoms with Crippen molar-refractivity contribution in [2.75, 3.05) is 27.7 Å². The van der Waals surface area contributed by atoms with Crippen LogP contribution in [0.25, 0.3) is 0 Å². The molecule has 1 aromatic heterocycles. The van der Waals surface area contributed by atoms with E-state index >= 15 is 0 Å². The van der Waals surface area contributed by atoms with Crippen molar-refractivity contribution < 1.29 is 0 Å². The highest BCUT2D eigenvalue weighted by Gasteiger charge is 2.20. The monoisotopic (exact) mass is 306 g/mol. The van der Waals surface area contributed by atoms with Crippen LogP contribution in [0.4, 0.5) is 0 Å². The van der Waals surface area contributed by atoms with E-state index in [9.17, 15) is 0 Å². The third-order valence-corrected chi connectivity index (χ3v) is 3.86. The first-order valence-electron chi connectivity index (χ1n) is 7.12. The Hall–Kier alpha value is -1.36. The molecule has 1 unspecified atom stereocenters. The molecule has 114 valence electrons. The summed E-state index contributed by atoms with van der Waals surface area (Å²) in [7, 11) is 6.06. The van der Waals surface area contributed by atoms with Gasteiger partial charge in [0.15, 0.2) is 0 Å². The molecule has 1 aromatic carbocycles. The summed E-state index contributed by atoms with van der Waals surface area (Å²) in [5.74, 6) is 0. The van der Waals surface area contributed by atoms with Crippen LogP contribution < -0.4 is 5.32 Å². The van der Waals surface area contributed by atoms with Crippen LogP contribution in [-0.2, 0) is 6.54 Å². The zero-order valence-electron chi connectivity index (χ0n) is 13.1. The second-order valence-corrected chi connectivity index (χ2v) is 5.94. The first-order valence-corrected chi connectivity index (χ1v) is 7.50. The van der Waals surface area contributed by atoms with E-state index in [0.29, 0.717) is 5.02 Å². The maximum atomic E-state index is 6.38. The second-order valence-electron chi connectivity index (χ2n) is 5.54. The summed E-state index contributed by atoms with van der Waals surface area (Å²) in [5, 5.41) is 8.47. The van der Waals surface area contributed by atoms with Crippen molar-refractivity contribution in [1.82, 2.24) is 20.0 Å². The highest BCUT2D eigenvalue weighted by atomic mass is 35.5. The Kier molecular flexibility index (Phi) is 5.39. The van der Waals surface area contributed by atoms with Crippen LogP contribution in [0, 0.1) is 6.92 Å². The number of likely N-dealkylation sites (N-methyl/N-ethyl adjacent to an activating group) is 1. The van der Waals surface area contributed by atoms with E-state index in [1.54, 1.807) is 6.20 Å². The maximum absolute atomic E-state index is 6.38. The summed E-state index contributed by atoms with van der Waals surface area (Å²) in [6.07, 6.45) is 1.73. The Balaban J connectivity index is 2.33. The largest absolute Gasteiger partial charge is 0.308 e. The fourth-order valence-electron chi connectivity index (χ4n) is 2.35. The number of hydrogen-bond donors (Lipinski definition) is 1. The average molecular weight is 307 g/mol. The van der Waals surface area contributed by atoms with Gasteiger partial charge in [0, 0.05) is 6.54 Å². The molecule has 0 spiro atoms. The van der Waals surface area contributed by atoms with Gasteiger partial charge in [0.1, 0.15) is 0 Å². The van der Waals surface area contributed by atoms with Gasteiger partial charge in [-0.15, -0.1) is 0 Å². The lowest BCUT2D eigenvalue weighted by Gasteiger charge is -2.20. The van der Waals surface area contributed by atoms with Gasteiger partial charge >= 0.3 is 0 Å². The third-order valence-electron chi connectivity index (χ3n) is 3.57. The van der Waals surface area contributed by atoms with Crippen LogP contribution in [0.3, 0.4) is 0 Å². The van der Waals surface area contributed by atoms with Crippen molar-refractivity contribution in [3.05, 3.63) is 52.3 Å². The van der Waals surface area contributed by atoms with Gasteiger partial charge in [-0.2, -0.15) is 5.10 Å². The molecule has 21 heavy (non-hydrogen) atoms. The van der Waals surface area contributed by atoms with Crippen molar-refractivity contribution in [2.24, 2.45) is 0 Å². The minimum atomic E-state index is 0.0442. The predicted molar refractivity (Wildman–Crippen MR) is 87.9 cm³/mol. The van der Waals surface area contributed by atoms with Gasteiger partial charge in [0.25, 0.3) is 0 Å². The zero-order chi connectivity index (χ0) is 15.4. The normalized spacial score (nSPS) is 12.9. The molecule has 0 saturated heterocycles. The predicted octanol–water partition coefficient (Wildman–Crippen LogP) is 2.72. The van der Waals surface area contributed by atoms with Crippen molar-refractivity contribution in [3.63, 3.8) is 0 Å². The quantitative estimate of drug-likeness (QED) is 0.891. The van der Waals surface area contributed by atoms with E-state index in [0.717, 1.165) is 18.8 Å². The standard InChI is InChI=1S/C16H23ClN4/c1-12-5-7-13(8-6-12)15(18-2)16-14(17)11-19-21(16)10-9-20(3)4/h5-8,11,15,18H,9-10H2,1-4H3. The molecule has 1 N–H and O–H groups in total. The van der Waals surface area contributed by atoms with E-state index in [-0.39, 0.29) is 6.04 Å². The van der Waals surface area contributed by atoms with Crippen molar-refractivity contribution in [1.29, 1.82) is 0 Å². The van der Waals surface area contributed by atoms with Crippen molar-refractivity contribution in [3.8, 4) is 0 Å². The maximum Gasteiger partial charge on any atom is 0.0837 e. The lowest BCUT2D eigenvalue weighted by molar-refractivity contribution is 0.366. The summed E-state index contributed by atoms with van der Waals surface area (Å²) in [4.78, 5) is 2.14. The van der Waals surface area contributed by atoms with Gasteiger partial charge in [0.05, 0.1) is 29.5 Å². The third kappa shape index (κ3) is 3.84. The lowest BCUT2D eigenvalue weighted by atomic mass is 10.0. The molecule has 1 heterocycles. The Labute approximate surface area is 131 Å². The number of aryl methyl sites for hydroxylation is 1. The number of hydrogen-bond acceptors (Lipinski definition) is 3. The molecule has 4 nitrogen and oxygen atoms in total. The number of nitrogens with zero attached hydrogens (tertiary/aromatic N) is 3. The van der Waals surface area contributed by atoms with Gasteiger partial charge in [-0.1, -0.05) is 41.4 Å². The smallest absolute Gasteiger partial charge is 0.0837 e. The van der Waals surface area contributed by atoms with Crippen LogP contribution in [0.1, 0.15) is 22.9 Å². The number of rotatable bonds is 6. The highest BCUT2D eigenvalue weighted by Crippen LogP contribution is 2.28. The van der Waals surface area contributed by atoms with Gasteiger partial charge < -0.3 is 10.2 Å². The topological polar surface area (TPSA) is 33.1 Å². The molecular weight excluding hydrogens is 284 g/mol. The van der Waals surface area contributed by atoms with E-state index in [2.05, 4.69) is 60.6 Å². The van der Waals surface area contributed by atoms with Crippen LogP contribution in [0.15, 0.2) is 30.5 Å². The van der Waals surface area contributed by atoms with Gasteiger partial charge in [-0.05, 0) is 33.6 Å². The zero-order valence-corrected chi connectivity index (χ0v) is 13.9. The molecule has 5 heteroatoms. The van der Waals surface area contributed by atoms with E-state index in [1.165, 1.54) is 11.1 Å². The molecule has 0 aliphatic rings. The molecular formula is C16H23ClN4. The van der Waals surface area contributed by atoms with Gasteiger partial charge in [-0.3, -0.25) is 4.68 Å². The number of halogens is 1.